The van der Waals surface area contributed by atoms with Crippen LogP contribution in [0.2, 0.25) is 5.02 Å². The van der Waals surface area contributed by atoms with Crippen molar-refractivity contribution in [2.24, 2.45) is 0 Å². The molecular formula is C25H31ClF3N3O3S. The highest BCUT2D eigenvalue weighted by atomic mass is 35.5. The molecule has 1 amide bonds. The lowest BCUT2D eigenvalue weighted by molar-refractivity contribution is -0.138. The Hall–Kier alpha value is -2.14. The molecule has 1 aliphatic rings. The smallest absolute Gasteiger partial charge is 0.348 e. The molecule has 11 heteroatoms. The van der Waals surface area contributed by atoms with Crippen LogP contribution in [-0.2, 0) is 22.6 Å². The number of rotatable bonds is 8. The number of halogens is 4. The SMILES string of the molecule is CCS(=O)(=O)c1ccc(Cl)cc1CNC(=O)c1ccc([C@H](C)N2CCCC(NC)C2)c(C(F)(F)F)c1. The van der Waals surface area contributed by atoms with Crippen molar-refractivity contribution in [2.75, 3.05) is 25.9 Å². The maximum absolute atomic E-state index is 14.0. The summed E-state index contributed by atoms with van der Waals surface area (Å²) in [7, 11) is -1.74. The molecule has 0 saturated carbocycles. The summed E-state index contributed by atoms with van der Waals surface area (Å²) in [6, 6.07) is 7.55. The van der Waals surface area contributed by atoms with Crippen LogP contribution in [0.1, 0.15) is 59.8 Å². The number of nitrogens with one attached hydrogen (secondary N) is 2. The molecule has 0 spiro atoms. The Kier molecular flexibility index (Phi) is 9.08. The lowest BCUT2D eigenvalue weighted by atomic mass is 9.95. The van der Waals surface area contributed by atoms with E-state index < -0.39 is 33.5 Å². The van der Waals surface area contributed by atoms with E-state index in [-0.39, 0.29) is 44.9 Å². The number of alkyl halides is 3. The third-order valence-corrected chi connectivity index (χ3v) is 8.72. The zero-order chi connectivity index (χ0) is 26.7. The van der Waals surface area contributed by atoms with E-state index in [1.807, 2.05) is 11.9 Å². The van der Waals surface area contributed by atoms with E-state index in [9.17, 15) is 26.4 Å². The molecule has 1 heterocycles. The Labute approximate surface area is 215 Å². The van der Waals surface area contributed by atoms with Crippen LogP contribution < -0.4 is 10.6 Å². The molecule has 0 aliphatic carbocycles. The minimum Gasteiger partial charge on any atom is -0.348 e. The molecule has 198 valence electrons. The van der Waals surface area contributed by atoms with Crippen molar-refractivity contribution in [3.05, 3.63) is 63.7 Å². The fraction of sp³-hybridized carbons (Fsp3) is 0.480. The van der Waals surface area contributed by atoms with Gasteiger partial charge in [0.25, 0.3) is 5.91 Å². The van der Waals surface area contributed by atoms with Crippen molar-refractivity contribution in [3.8, 4) is 0 Å². The van der Waals surface area contributed by atoms with Crippen molar-refractivity contribution >= 4 is 27.3 Å². The van der Waals surface area contributed by atoms with Gasteiger partial charge in [0.05, 0.1) is 16.2 Å². The van der Waals surface area contributed by atoms with E-state index in [1.165, 1.54) is 37.3 Å². The minimum absolute atomic E-state index is 0.0243. The average Bonchev–Trinajstić information content (AvgIpc) is 2.85. The second kappa shape index (κ2) is 11.5. The lowest BCUT2D eigenvalue weighted by Gasteiger charge is -2.37. The van der Waals surface area contributed by atoms with Gasteiger partial charge in [-0.15, -0.1) is 0 Å². The third kappa shape index (κ3) is 6.59. The van der Waals surface area contributed by atoms with Crippen LogP contribution in [0.15, 0.2) is 41.3 Å². The molecule has 0 bridgehead atoms. The Morgan fingerprint density at radius 3 is 2.58 bits per heavy atom. The van der Waals surface area contributed by atoms with Gasteiger partial charge in [-0.05, 0) is 74.8 Å². The molecule has 1 saturated heterocycles. The van der Waals surface area contributed by atoms with Crippen LogP contribution >= 0.6 is 11.6 Å². The van der Waals surface area contributed by atoms with Gasteiger partial charge in [-0.1, -0.05) is 24.6 Å². The van der Waals surface area contributed by atoms with E-state index in [0.717, 1.165) is 18.9 Å². The van der Waals surface area contributed by atoms with Gasteiger partial charge in [-0.3, -0.25) is 9.69 Å². The predicted octanol–water partition coefficient (Wildman–Crippen LogP) is 4.83. The number of benzene rings is 2. The predicted molar refractivity (Wildman–Crippen MR) is 134 cm³/mol. The lowest BCUT2D eigenvalue weighted by Crippen LogP contribution is -2.45. The Morgan fingerprint density at radius 1 is 1.22 bits per heavy atom. The highest BCUT2D eigenvalue weighted by Gasteiger charge is 2.37. The number of carbonyl (C=O) groups excluding carboxylic acids is 1. The van der Waals surface area contributed by atoms with Crippen LogP contribution in [0, 0.1) is 0 Å². The van der Waals surface area contributed by atoms with Crippen LogP contribution in [0.25, 0.3) is 0 Å². The van der Waals surface area contributed by atoms with Crippen molar-refractivity contribution in [3.63, 3.8) is 0 Å². The molecule has 36 heavy (non-hydrogen) atoms. The molecule has 2 aromatic carbocycles. The fourth-order valence-electron chi connectivity index (χ4n) is 4.52. The summed E-state index contributed by atoms with van der Waals surface area (Å²) in [5, 5.41) is 6.01. The van der Waals surface area contributed by atoms with Gasteiger partial charge in [0.2, 0.25) is 0 Å². The van der Waals surface area contributed by atoms with E-state index in [0.29, 0.717) is 13.1 Å². The Bertz CT molecular complexity index is 1200. The van der Waals surface area contributed by atoms with E-state index >= 15 is 0 Å². The van der Waals surface area contributed by atoms with Crippen LogP contribution in [-0.4, -0.2) is 51.2 Å². The second-order valence-corrected chi connectivity index (χ2v) is 11.6. The number of nitrogens with zero attached hydrogens (tertiary/aromatic N) is 1. The minimum atomic E-state index is -4.65. The van der Waals surface area contributed by atoms with Crippen molar-refractivity contribution in [1.82, 2.24) is 15.5 Å². The van der Waals surface area contributed by atoms with Crippen molar-refractivity contribution in [2.45, 2.75) is 56.4 Å². The highest BCUT2D eigenvalue weighted by Crippen LogP contribution is 2.37. The van der Waals surface area contributed by atoms with Crippen molar-refractivity contribution < 1.29 is 26.4 Å². The highest BCUT2D eigenvalue weighted by molar-refractivity contribution is 7.91. The summed E-state index contributed by atoms with van der Waals surface area (Å²) < 4.78 is 66.9. The van der Waals surface area contributed by atoms with Crippen LogP contribution in [0.5, 0.6) is 0 Å². The number of hydrogen-bond acceptors (Lipinski definition) is 5. The molecule has 6 nitrogen and oxygen atoms in total. The normalized spacial score (nSPS) is 18.1. The second-order valence-electron chi connectivity index (χ2n) is 8.94. The first-order valence-electron chi connectivity index (χ1n) is 11.8. The third-order valence-electron chi connectivity index (χ3n) is 6.66. The molecule has 2 aromatic rings. The molecule has 0 radical (unpaired) electrons. The van der Waals surface area contributed by atoms with Gasteiger partial charge >= 0.3 is 6.18 Å². The number of likely N-dealkylation sites (tertiary alicyclic amines) is 1. The van der Waals surface area contributed by atoms with Crippen molar-refractivity contribution in [1.29, 1.82) is 0 Å². The van der Waals surface area contributed by atoms with E-state index in [4.69, 9.17) is 11.6 Å². The van der Waals surface area contributed by atoms with Crippen LogP contribution in [0.3, 0.4) is 0 Å². The maximum atomic E-state index is 14.0. The average molecular weight is 546 g/mol. The molecule has 1 aliphatic heterocycles. The van der Waals surface area contributed by atoms with Gasteiger partial charge in [-0.2, -0.15) is 13.2 Å². The summed E-state index contributed by atoms with van der Waals surface area (Å²) >= 11 is 6.00. The number of sulfone groups is 1. The van der Waals surface area contributed by atoms with E-state index in [2.05, 4.69) is 10.6 Å². The molecule has 2 atom stereocenters. The molecule has 1 fully saturated rings. The standard InChI is InChI=1S/C25H31ClF3N3O3S/c1-4-36(34,35)23-10-8-19(26)12-18(23)14-31-24(33)17-7-9-21(22(13-17)25(27,28)29)16(2)32-11-5-6-20(15-32)30-3/h7-10,12-13,16,20,30H,4-6,11,14-15H2,1-3H3,(H,31,33)/t16-,20?/m0/s1. The molecule has 1 unspecified atom stereocenters. The number of likely N-dealkylation sites (N-methyl/N-ethyl adjacent to an activating group) is 1. The molecule has 0 aromatic heterocycles. The first-order chi connectivity index (χ1) is 16.9. The van der Waals surface area contributed by atoms with Gasteiger partial charge in [-0.25, -0.2) is 8.42 Å². The summed E-state index contributed by atoms with van der Waals surface area (Å²) in [6.07, 6.45) is -2.79. The molecule has 2 N–H and O–H groups in total. The summed E-state index contributed by atoms with van der Waals surface area (Å²) in [5.74, 6) is -0.885. The zero-order valence-corrected chi connectivity index (χ0v) is 22.0. The van der Waals surface area contributed by atoms with Gasteiger partial charge in [0.1, 0.15) is 0 Å². The van der Waals surface area contributed by atoms with Gasteiger partial charge in [0.15, 0.2) is 9.84 Å². The summed E-state index contributed by atoms with van der Waals surface area (Å²) in [4.78, 5) is 14.8. The number of hydrogen-bond donors (Lipinski definition) is 2. The summed E-state index contributed by atoms with van der Waals surface area (Å²) in [6.45, 7) is 4.38. The monoisotopic (exact) mass is 545 g/mol. The zero-order valence-electron chi connectivity index (χ0n) is 20.5. The summed E-state index contributed by atoms with van der Waals surface area (Å²) in [5.41, 5.74) is -0.636. The Morgan fingerprint density at radius 2 is 1.94 bits per heavy atom. The topological polar surface area (TPSA) is 78.5 Å². The number of amides is 1. The first-order valence-corrected chi connectivity index (χ1v) is 13.8. The first kappa shape index (κ1) is 28.4. The van der Waals surface area contributed by atoms with Gasteiger partial charge < -0.3 is 10.6 Å². The molecular weight excluding hydrogens is 515 g/mol. The number of carbonyl (C=O) groups is 1. The van der Waals surface area contributed by atoms with E-state index in [1.54, 1.807) is 6.92 Å². The number of piperidine rings is 1. The Balaban J connectivity index is 1.85. The van der Waals surface area contributed by atoms with Gasteiger partial charge in [0, 0.05) is 35.8 Å². The quantitative estimate of drug-likeness (QED) is 0.497. The molecule has 3 rings (SSSR count). The van der Waals surface area contributed by atoms with Crippen LogP contribution in [0.4, 0.5) is 13.2 Å². The largest absolute Gasteiger partial charge is 0.416 e. The maximum Gasteiger partial charge on any atom is 0.416 e. The fourth-order valence-corrected chi connectivity index (χ4v) is 5.83.